The molecule has 0 radical (unpaired) electrons. The van der Waals surface area contributed by atoms with Crippen LogP contribution in [0.4, 0.5) is 0 Å². The second-order valence-corrected chi connectivity index (χ2v) is 5.68. The molecule has 0 saturated heterocycles. The zero-order valence-electron chi connectivity index (χ0n) is 12.5. The van der Waals surface area contributed by atoms with E-state index in [4.69, 9.17) is 0 Å². The summed E-state index contributed by atoms with van der Waals surface area (Å²) in [6, 6.07) is 8.14. The number of benzene rings is 1. The Hall–Kier alpha value is -1.81. The van der Waals surface area contributed by atoms with Crippen LogP contribution in [-0.2, 0) is 6.54 Å². The van der Waals surface area contributed by atoms with Gasteiger partial charge in [0, 0.05) is 35.2 Å². The normalized spacial score (nSPS) is 11.7. The lowest BCUT2D eigenvalue weighted by Gasteiger charge is -2.16. The van der Waals surface area contributed by atoms with Gasteiger partial charge in [-0.1, -0.05) is 19.9 Å². The van der Waals surface area contributed by atoms with Gasteiger partial charge in [0.05, 0.1) is 5.56 Å². The molecule has 108 valence electrons. The fourth-order valence-corrected chi connectivity index (χ4v) is 2.55. The van der Waals surface area contributed by atoms with Gasteiger partial charge in [-0.3, -0.25) is 0 Å². The molecule has 0 atom stereocenters. The van der Waals surface area contributed by atoms with Crippen molar-refractivity contribution in [2.24, 2.45) is 0 Å². The van der Waals surface area contributed by atoms with E-state index in [-0.39, 0.29) is 0 Å². The third-order valence-corrected chi connectivity index (χ3v) is 3.40. The van der Waals surface area contributed by atoms with E-state index in [1.165, 1.54) is 0 Å². The van der Waals surface area contributed by atoms with Crippen molar-refractivity contribution in [3.63, 3.8) is 0 Å². The van der Waals surface area contributed by atoms with Crippen LogP contribution in [0.1, 0.15) is 49.8 Å². The number of aromatic nitrogens is 1. The highest BCUT2D eigenvalue weighted by molar-refractivity contribution is 6.03. The second kappa shape index (κ2) is 5.67. The number of hydrogen-bond donors (Lipinski definition) is 2. The first-order valence-corrected chi connectivity index (χ1v) is 7.01. The highest BCUT2D eigenvalue weighted by Gasteiger charge is 2.16. The summed E-state index contributed by atoms with van der Waals surface area (Å²) in [4.78, 5) is 11.3. The number of carbonyl (C=O) groups is 1. The van der Waals surface area contributed by atoms with Gasteiger partial charge < -0.3 is 15.0 Å². The molecule has 0 unspecified atom stereocenters. The van der Waals surface area contributed by atoms with E-state index in [2.05, 4.69) is 37.6 Å². The number of rotatable bonds is 5. The number of fused-ring (bicyclic) bond motifs is 1. The SMILES string of the molecule is CC(C)NCc1cc2c(C(=O)O)cccc2n1C(C)C. The minimum atomic E-state index is -0.875. The van der Waals surface area contributed by atoms with E-state index >= 15 is 0 Å². The van der Waals surface area contributed by atoms with Gasteiger partial charge in [0.1, 0.15) is 0 Å². The Morgan fingerprint density at radius 2 is 2.00 bits per heavy atom. The average Bonchev–Trinajstić information content (AvgIpc) is 2.73. The molecular weight excluding hydrogens is 252 g/mol. The van der Waals surface area contributed by atoms with E-state index in [1.807, 2.05) is 18.2 Å². The van der Waals surface area contributed by atoms with E-state index in [1.54, 1.807) is 6.07 Å². The van der Waals surface area contributed by atoms with Crippen molar-refractivity contribution in [3.05, 3.63) is 35.5 Å². The first-order valence-electron chi connectivity index (χ1n) is 7.01. The van der Waals surface area contributed by atoms with E-state index in [9.17, 15) is 9.90 Å². The number of aromatic carboxylic acids is 1. The molecule has 2 aromatic rings. The zero-order valence-corrected chi connectivity index (χ0v) is 12.5. The lowest BCUT2D eigenvalue weighted by atomic mass is 10.1. The summed E-state index contributed by atoms with van der Waals surface area (Å²) in [6.07, 6.45) is 0. The quantitative estimate of drug-likeness (QED) is 0.878. The highest BCUT2D eigenvalue weighted by Crippen LogP contribution is 2.27. The Bertz CT molecular complexity index is 627. The predicted octanol–water partition coefficient (Wildman–Crippen LogP) is 3.42. The summed E-state index contributed by atoms with van der Waals surface area (Å²) in [6.45, 7) is 9.18. The maximum absolute atomic E-state index is 11.3. The summed E-state index contributed by atoms with van der Waals surface area (Å²) in [5.74, 6) is -0.875. The third kappa shape index (κ3) is 2.70. The van der Waals surface area contributed by atoms with Crippen LogP contribution in [-0.4, -0.2) is 21.7 Å². The van der Waals surface area contributed by atoms with Crippen molar-refractivity contribution < 1.29 is 9.90 Å². The molecule has 0 aliphatic rings. The molecule has 2 rings (SSSR count). The topological polar surface area (TPSA) is 54.3 Å². The number of carboxylic acid groups (broad SMARTS) is 1. The lowest BCUT2D eigenvalue weighted by molar-refractivity contribution is 0.0699. The monoisotopic (exact) mass is 274 g/mol. The molecule has 0 aliphatic heterocycles. The summed E-state index contributed by atoms with van der Waals surface area (Å²) < 4.78 is 2.21. The van der Waals surface area contributed by atoms with Crippen LogP contribution in [0.2, 0.25) is 0 Å². The number of hydrogen-bond acceptors (Lipinski definition) is 2. The molecule has 0 amide bonds. The van der Waals surface area contributed by atoms with Gasteiger partial charge >= 0.3 is 5.97 Å². The molecule has 1 aromatic carbocycles. The molecule has 20 heavy (non-hydrogen) atoms. The molecule has 0 bridgehead atoms. The molecule has 0 saturated carbocycles. The molecule has 2 N–H and O–H groups in total. The first-order chi connectivity index (χ1) is 9.41. The van der Waals surface area contributed by atoms with Crippen LogP contribution in [0.25, 0.3) is 10.9 Å². The molecule has 0 fully saturated rings. The van der Waals surface area contributed by atoms with Crippen LogP contribution in [0.5, 0.6) is 0 Å². The van der Waals surface area contributed by atoms with Crippen LogP contribution in [0.3, 0.4) is 0 Å². The molecule has 0 spiro atoms. The van der Waals surface area contributed by atoms with Crippen LogP contribution in [0, 0.1) is 0 Å². The van der Waals surface area contributed by atoms with Crippen LogP contribution < -0.4 is 5.32 Å². The largest absolute Gasteiger partial charge is 0.478 e. The Balaban J connectivity index is 2.59. The van der Waals surface area contributed by atoms with Gasteiger partial charge in [0.2, 0.25) is 0 Å². The lowest BCUT2D eigenvalue weighted by Crippen LogP contribution is -2.23. The van der Waals surface area contributed by atoms with Crippen molar-refractivity contribution in [1.82, 2.24) is 9.88 Å². The Morgan fingerprint density at radius 3 is 2.55 bits per heavy atom. The van der Waals surface area contributed by atoms with Crippen molar-refractivity contribution in [2.75, 3.05) is 0 Å². The third-order valence-electron chi connectivity index (χ3n) is 3.40. The Morgan fingerprint density at radius 1 is 1.30 bits per heavy atom. The number of nitrogens with one attached hydrogen (secondary N) is 1. The fraction of sp³-hybridized carbons (Fsp3) is 0.438. The van der Waals surface area contributed by atoms with E-state index in [0.717, 1.165) is 23.1 Å². The Labute approximate surface area is 119 Å². The summed E-state index contributed by atoms with van der Waals surface area (Å²) in [5.41, 5.74) is 2.48. The molecule has 1 aromatic heterocycles. The minimum absolute atomic E-state index is 0.292. The average molecular weight is 274 g/mol. The van der Waals surface area contributed by atoms with Crippen molar-refractivity contribution in [1.29, 1.82) is 0 Å². The second-order valence-electron chi connectivity index (χ2n) is 5.68. The van der Waals surface area contributed by atoms with Gasteiger partial charge in [-0.25, -0.2) is 4.79 Å². The van der Waals surface area contributed by atoms with Crippen LogP contribution >= 0.6 is 0 Å². The predicted molar refractivity (Wildman–Crippen MR) is 81.3 cm³/mol. The summed E-state index contributed by atoms with van der Waals surface area (Å²) in [5, 5.41) is 13.5. The molecule has 1 heterocycles. The van der Waals surface area contributed by atoms with Crippen molar-refractivity contribution >= 4 is 16.9 Å². The molecular formula is C16H22N2O2. The zero-order chi connectivity index (χ0) is 14.9. The minimum Gasteiger partial charge on any atom is -0.478 e. The molecule has 0 aliphatic carbocycles. The van der Waals surface area contributed by atoms with E-state index in [0.29, 0.717) is 17.6 Å². The number of nitrogens with zero attached hydrogens (tertiary/aromatic N) is 1. The van der Waals surface area contributed by atoms with Gasteiger partial charge in [-0.05, 0) is 32.0 Å². The van der Waals surface area contributed by atoms with E-state index < -0.39 is 5.97 Å². The van der Waals surface area contributed by atoms with Gasteiger partial charge in [-0.15, -0.1) is 0 Å². The smallest absolute Gasteiger partial charge is 0.336 e. The highest BCUT2D eigenvalue weighted by atomic mass is 16.4. The first kappa shape index (κ1) is 14.6. The summed E-state index contributed by atoms with van der Waals surface area (Å²) in [7, 11) is 0. The van der Waals surface area contributed by atoms with Crippen molar-refractivity contribution in [2.45, 2.75) is 46.3 Å². The van der Waals surface area contributed by atoms with Crippen molar-refractivity contribution in [3.8, 4) is 0 Å². The molecule has 4 nitrogen and oxygen atoms in total. The Kier molecular flexibility index (Phi) is 4.14. The van der Waals surface area contributed by atoms with Gasteiger partial charge in [0.25, 0.3) is 0 Å². The van der Waals surface area contributed by atoms with Gasteiger partial charge in [0.15, 0.2) is 0 Å². The fourth-order valence-electron chi connectivity index (χ4n) is 2.55. The molecule has 4 heteroatoms. The maximum Gasteiger partial charge on any atom is 0.336 e. The standard InChI is InChI=1S/C16H22N2O2/c1-10(2)17-9-12-8-14-13(16(19)20)6-5-7-15(14)18(12)11(3)4/h5-8,10-11,17H,9H2,1-4H3,(H,19,20). The summed E-state index contributed by atoms with van der Waals surface area (Å²) >= 11 is 0. The van der Waals surface area contributed by atoms with Crippen LogP contribution in [0.15, 0.2) is 24.3 Å². The van der Waals surface area contributed by atoms with Gasteiger partial charge in [-0.2, -0.15) is 0 Å². The number of carboxylic acids is 1. The maximum atomic E-state index is 11.3.